The summed E-state index contributed by atoms with van der Waals surface area (Å²) in [5.74, 6) is -0.467. The molecule has 0 bridgehead atoms. The third kappa shape index (κ3) is 4.93. The Kier molecular flexibility index (Phi) is 7.19. The lowest BCUT2D eigenvalue weighted by atomic mass is 9.83. The Morgan fingerprint density at radius 1 is 1.06 bits per heavy atom. The third-order valence-corrected chi connectivity index (χ3v) is 6.22. The van der Waals surface area contributed by atoms with Gasteiger partial charge in [0.05, 0.1) is 19.0 Å². The van der Waals surface area contributed by atoms with E-state index >= 15 is 4.39 Å². The standard InChI is InChI=1S/C26H28FN3O4/c1-33-26(20-8-4-2-5-9-20,21-10-6-3-7-11-21)22-16-28-17-23(29-22)30-14-12-25(27,13-15-30)19-34-18-24(31)32/h2-11,16-17H,12-15,18-19H2,1H3,(H,31,32). The predicted octanol–water partition coefficient (Wildman–Crippen LogP) is 3.82. The second-order valence-corrected chi connectivity index (χ2v) is 8.40. The van der Waals surface area contributed by atoms with E-state index in [1.165, 1.54) is 0 Å². The first kappa shape index (κ1) is 23.8. The molecule has 7 nitrogen and oxygen atoms in total. The van der Waals surface area contributed by atoms with Crippen molar-refractivity contribution in [3.05, 3.63) is 89.9 Å². The van der Waals surface area contributed by atoms with E-state index in [4.69, 9.17) is 19.6 Å². The molecule has 2 aromatic carbocycles. The monoisotopic (exact) mass is 465 g/mol. The van der Waals surface area contributed by atoms with Gasteiger partial charge in [0.1, 0.15) is 23.8 Å². The summed E-state index contributed by atoms with van der Waals surface area (Å²) < 4.78 is 26.3. The average Bonchev–Trinajstić information content (AvgIpc) is 2.87. The van der Waals surface area contributed by atoms with E-state index in [9.17, 15) is 4.79 Å². The SMILES string of the molecule is COC(c1ccccc1)(c1ccccc1)c1cncc(N2CCC(F)(COCC(=O)O)CC2)n1. The molecule has 1 N–H and O–H groups in total. The largest absolute Gasteiger partial charge is 0.480 e. The fraction of sp³-hybridized carbons (Fsp3) is 0.346. The molecular formula is C26H28FN3O4. The van der Waals surface area contributed by atoms with Crippen LogP contribution in [0.25, 0.3) is 0 Å². The molecule has 1 aromatic heterocycles. The van der Waals surface area contributed by atoms with Crippen molar-refractivity contribution in [2.75, 3.05) is 38.3 Å². The number of anilines is 1. The fourth-order valence-electron chi connectivity index (χ4n) is 4.43. The summed E-state index contributed by atoms with van der Waals surface area (Å²) in [4.78, 5) is 22.0. The Morgan fingerprint density at radius 3 is 2.18 bits per heavy atom. The molecule has 1 fully saturated rings. The number of benzene rings is 2. The van der Waals surface area contributed by atoms with Gasteiger partial charge < -0.3 is 19.5 Å². The number of carboxylic acids is 1. The van der Waals surface area contributed by atoms with Gasteiger partial charge in [0.15, 0.2) is 5.60 Å². The molecule has 0 radical (unpaired) electrons. The molecule has 2 heterocycles. The van der Waals surface area contributed by atoms with E-state index < -0.39 is 23.8 Å². The summed E-state index contributed by atoms with van der Waals surface area (Å²) in [6.45, 7) is 0.109. The highest BCUT2D eigenvalue weighted by molar-refractivity contribution is 5.68. The van der Waals surface area contributed by atoms with Gasteiger partial charge in [-0.05, 0) is 11.1 Å². The molecule has 0 spiro atoms. The van der Waals surface area contributed by atoms with Gasteiger partial charge in [0.2, 0.25) is 0 Å². The first-order chi connectivity index (χ1) is 16.5. The van der Waals surface area contributed by atoms with Crippen molar-refractivity contribution in [3.63, 3.8) is 0 Å². The van der Waals surface area contributed by atoms with E-state index in [0.29, 0.717) is 24.6 Å². The number of nitrogens with zero attached hydrogens (tertiary/aromatic N) is 3. The van der Waals surface area contributed by atoms with Gasteiger partial charge in [0.25, 0.3) is 0 Å². The minimum atomic E-state index is -1.55. The number of aliphatic carboxylic acids is 1. The van der Waals surface area contributed by atoms with Crippen LogP contribution in [0.3, 0.4) is 0 Å². The molecule has 1 aliphatic heterocycles. The molecule has 0 aliphatic carbocycles. The predicted molar refractivity (Wildman–Crippen MR) is 126 cm³/mol. The van der Waals surface area contributed by atoms with Crippen LogP contribution in [0.4, 0.5) is 10.2 Å². The molecular weight excluding hydrogens is 437 g/mol. The number of halogens is 1. The molecule has 34 heavy (non-hydrogen) atoms. The summed E-state index contributed by atoms with van der Waals surface area (Å²) in [6.07, 6.45) is 3.80. The molecule has 0 atom stereocenters. The van der Waals surface area contributed by atoms with Crippen LogP contribution in [0, 0.1) is 0 Å². The van der Waals surface area contributed by atoms with E-state index in [1.807, 2.05) is 65.6 Å². The lowest BCUT2D eigenvalue weighted by Crippen LogP contribution is -2.45. The Hall–Kier alpha value is -3.36. The van der Waals surface area contributed by atoms with Crippen LogP contribution in [-0.2, 0) is 19.9 Å². The van der Waals surface area contributed by atoms with Crippen LogP contribution in [0.5, 0.6) is 0 Å². The first-order valence-corrected chi connectivity index (χ1v) is 11.2. The molecule has 8 heteroatoms. The van der Waals surface area contributed by atoms with Crippen LogP contribution in [0.1, 0.15) is 29.7 Å². The van der Waals surface area contributed by atoms with Crippen molar-refractivity contribution in [2.24, 2.45) is 0 Å². The van der Waals surface area contributed by atoms with Crippen molar-refractivity contribution in [2.45, 2.75) is 24.1 Å². The van der Waals surface area contributed by atoms with Crippen LogP contribution in [-0.4, -0.2) is 60.1 Å². The van der Waals surface area contributed by atoms with Crippen LogP contribution >= 0.6 is 0 Å². The topological polar surface area (TPSA) is 84.8 Å². The van der Waals surface area contributed by atoms with Gasteiger partial charge in [-0.25, -0.2) is 14.2 Å². The summed E-state index contributed by atoms with van der Waals surface area (Å²) >= 11 is 0. The number of aromatic nitrogens is 2. The van der Waals surface area contributed by atoms with Crippen molar-refractivity contribution >= 4 is 11.8 Å². The van der Waals surface area contributed by atoms with Gasteiger partial charge in [-0.3, -0.25) is 4.98 Å². The fourth-order valence-corrected chi connectivity index (χ4v) is 4.43. The molecule has 3 aromatic rings. The van der Waals surface area contributed by atoms with E-state index in [1.54, 1.807) is 19.5 Å². The highest BCUT2D eigenvalue weighted by atomic mass is 19.1. The quantitative estimate of drug-likeness (QED) is 0.514. The lowest BCUT2D eigenvalue weighted by molar-refractivity contribution is -0.144. The maximum atomic E-state index is 15.1. The Labute approximate surface area is 198 Å². The Morgan fingerprint density at radius 2 is 1.65 bits per heavy atom. The second-order valence-electron chi connectivity index (χ2n) is 8.40. The number of hydrogen-bond acceptors (Lipinski definition) is 6. The van der Waals surface area contributed by atoms with Crippen molar-refractivity contribution in [3.8, 4) is 0 Å². The van der Waals surface area contributed by atoms with Crippen LogP contribution in [0.2, 0.25) is 0 Å². The molecule has 0 amide bonds. The number of carbonyl (C=O) groups is 1. The number of hydrogen-bond donors (Lipinski definition) is 1. The zero-order valence-electron chi connectivity index (χ0n) is 19.1. The summed E-state index contributed by atoms with van der Waals surface area (Å²) in [6, 6.07) is 19.7. The maximum Gasteiger partial charge on any atom is 0.329 e. The second kappa shape index (κ2) is 10.3. The highest BCUT2D eigenvalue weighted by Crippen LogP contribution is 2.39. The zero-order valence-corrected chi connectivity index (χ0v) is 19.1. The van der Waals surface area contributed by atoms with Gasteiger partial charge in [-0.2, -0.15) is 0 Å². The first-order valence-electron chi connectivity index (χ1n) is 11.2. The van der Waals surface area contributed by atoms with E-state index in [-0.39, 0.29) is 19.4 Å². The lowest BCUT2D eigenvalue weighted by Gasteiger charge is -2.37. The number of methoxy groups -OCH3 is 1. The number of piperidine rings is 1. The number of ether oxygens (including phenoxy) is 2. The molecule has 4 rings (SSSR count). The summed E-state index contributed by atoms with van der Waals surface area (Å²) in [5.41, 5.74) is -0.0388. The smallest absolute Gasteiger partial charge is 0.329 e. The molecule has 0 unspecified atom stereocenters. The summed E-state index contributed by atoms with van der Waals surface area (Å²) in [5, 5.41) is 8.71. The zero-order chi connectivity index (χ0) is 24.0. The van der Waals surface area contributed by atoms with Crippen molar-refractivity contribution in [1.82, 2.24) is 9.97 Å². The Balaban J connectivity index is 1.61. The minimum absolute atomic E-state index is 0.214. The minimum Gasteiger partial charge on any atom is -0.480 e. The molecule has 0 saturated carbocycles. The number of carboxylic acid groups (broad SMARTS) is 1. The number of alkyl halides is 1. The number of rotatable bonds is 9. The van der Waals surface area contributed by atoms with Crippen LogP contribution < -0.4 is 4.90 Å². The summed E-state index contributed by atoms with van der Waals surface area (Å²) in [7, 11) is 1.66. The molecule has 1 aliphatic rings. The van der Waals surface area contributed by atoms with Crippen molar-refractivity contribution < 1.29 is 23.8 Å². The van der Waals surface area contributed by atoms with E-state index in [2.05, 4.69) is 4.98 Å². The Bertz CT molecular complexity index is 1050. The average molecular weight is 466 g/mol. The maximum absolute atomic E-state index is 15.1. The van der Waals surface area contributed by atoms with E-state index in [0.717, 1.165) is 11.1 Å². The molecule has 1 saturated heterocycles. The van der Waals surface area contributed by atoms with Crippen molar-refractivity contribution in [1.29, 1.82) is 0 Å². The van der Waals surface area contributed by atoms with Gasteiger partial charge in [-0.15, -0.1) is 0 Å². The van der Waals surface area contributed by atoms with Crippen LogP contribution in [0.15, 0.2) is 73.1 Å². The van der Waals surface area contributed by atoms with Gasteiger partial charge in [0, 0.05) is 33.0 Å². The third-order valence-electron chi connectivity index (χ3n) is 6.22. The highest BCUT2D eigenvalue weighted by Gasteiger charge is 2.40. The van der Waals surface area contributed by atoms with Gasteiger partial charge in [-0.1, -0.05) is 60.7 Å². The normalized spacial score (nSPS) is 15.8. The molecule has 178 valence electrons. The van der Waals surface area contributed by atoms with Gasteiger partial charge >= 0.3 is 5.97 Å².